The van der Waals surface area contributed by atoms with E-state index in [9.17, 15) is 19.5 Å². The number of carboxylic acids is 1. The Bertz CT molecular complexity index is 505. The first kappa shape index (κ1) is 17.6. The van der Waals surface area contributed by atoms with Gasteiger partial charge in [-0.15, -0.1) is 0 Å². The Labute approximate surface area is 146 Å². The number of hydrogen-bond acceptors (Lipinski definition) is 7. The SMILES string of the molecule is CCOC(=O)/C=C\SC1=C(C(=O)[O-])N2C(=O)C[C@@H]2S1.[Na+]. The summed E-state index contributed by atoms with van der Waals surface area (Å²) in [6.07, 6.45) is 1.54. The molecule has 0 bridgehead atoms. The van der Waals surface area contributed by atoms with Crippen molar-refractivity contribution in [3.63, 3.8) is 0 Å². The van der Waals surface area contributed by atoms with E-state index < -0.39 is 11.9 Å². The molecular weight excluding hydrogens is 313 g/mol. The molecule has 0 spiro atoms. The van der Waals surface area contributed by atoms with E-state index in [1.165, 1.54) is 28.1 Å². The summed E-state index contributed by atoms with van der Waals surface area (Å²) in [5.41, 5.74) is -0.107. The van der Waals surface area contributed by atoms with E-state index in [0.717, 1.165) is 11.8 Å². The molecule has 0 aromatic rings. The third-order valence-electron chi connectivity index (χ3n) is 2.44. The maximum atomic E-state index is 11.3. The number of rotatable bonds is 5. The average Bonchev–Trinajstić information content (AvgIpc) is 2.62. The largest absolute Gasteiger partial charge is 1.00 e. The number of amides is 1. The minimum atomic E-state index is -1.38. The van der Waals surface area contributed by atoms with Gasteiger partial charge in [-0.25, -0.2) is 4.79 Å². The normalized spacial score (nSPS) is 20.6. The van der Waals surface area contributed by atoms with Gasteiger partial charge in [0.1, 0.15) is 0 Å². The summed E-state index contributed by atoms with van der Waals surface area (Å²) in [6, 6.07) is 0. The molecule has 0 aliphatic carbocycles. The molecule has 0 unspecified atom stereocenters. The number of aliphatic carboxylic acids is 1. The van der Waals surface area contributed by atoms with E-state index in [4.69, 9.17) is 4.74 Å². The number of hydrogen-bond donors (Lipinski definition) is 0. The van der Waals surface area contributed by atoms with Gasteiger partial charge in [0.2, 0.25) is 5.91 Å². The van der Waals surface area contributed by atoms with Crippen LogP contribution >= 0.6 is 23.5 Å². The summed E-state index contributed by atoms with van der Waals surface area (Å²) in [7, 11) is 0. The molecule has 6 nitrogen and oxygen atoms in total. The molecule has 1 atom stereocenters. The molecule has 1 saturated heterocycles. The van der Waals surface area contributed by atoms with Gasteiger partial charge >= 0.3 is 35.5 Å². The molecule has 20 heavy (non-hydrogen) atoms. The van der Waals surface area contributed by atoms with Crippen molar-refractivity contribution in [2.75, 3.05) is 6.61 Å². The van der Waals surface area contributed by atoms with Gasteiger partial charge in [0, 0.05) is 6.08 Å². The number of fused-ring (bicyclic) bond motifs is 1. The predicted molar refractivity (Wildman–Crippen MR) is 68.2 cm³/mol. The molecule has 2 rings (SSSR count). The fraction of sp³-hybridized carbons (Fsp3) is 0.364. The predicted octanol–water partition coefficient (Wildman–Crippen LogP) is -2.98. The van der Waals surface area contributed by atoms with E-state index in [-0.39, 0.29) is 53.1 Å². The molecule has 2 aliphatic heterocycles. The zero-order valence-electron chi connectivity index (χ0n) is 11.0. The quantitative estimate of drug-likeness (QED) is 0.231. The molecule has 1 fully saturated rings. The number of nitrogens with zero attached hydrogens (tertiary/aromatic N) is 1. The summed E-state index contributed by atoms with van der Waals surface area (Å²) in [4.78, 5) is 34.7. The van der Waals surface area contributed by atoms with Gasteiger partial charge in [-0.1, -0.05) is 23.5 Å². The summed E-state index contributed by atoms with van der Waals surface area (Å²) >= 11 is 2.36. The van der Waals surface area contributed by atoms with Crippen LogP contribution in [0.25, 0.3) is 0 Å². The minimum Gasteiger partial charge on any atom is -0.543 e. The smallest absolute Gasteiger partial charge is 0.543 e. The van der Waals surface area contributed by atoms with Crippen molar-refractivity contribution < 1.29 is 53.8 Å². The second-order valence-electron chi connectivity index (χ2n) is 3.64. The first-order valence-electron chi connectivity index (χ1n) is 5.49. The van der Waals surface area contributed by atoms with Gasteiger partial charge in [0.25, 0.3) is 0 Å². The van der Waals surface area contributed by atoms with Crippen LogP contribution in [0.3, 0.4) is 0 Å². The van der Waals surface area contributed by atoms with Crippen molar-refractivity contribution in [2.24, 2.45) is 0 Å². The zero-order chi connectivity index (χ0) is 14.0. The minimum absolute atomic E-state index is 0. The van der Waals surface area contributed by atoms with E-state index in [2.05, 4.69) is 0 Å². The van der Waals surface area contributed by atoms with Crippen LogP contribution in [-0.4, -0.2) is 34.7 Å². The van der Waals surface area contributed by atoms with Crippen molar-refractivity contribution in [2.45, 2.75) is 18.7 Å². The number of thioether (sulfide) groups is 2. The van der Waals surface area contributed by atoms with Gasteiger partial charge < -0.3 is 14.6 Å². The standard InChI is InChI=1S/C11H11NO5S2.Na/c1-2-17-8(14)3-4-18-11-9(10(15)16)12-6(13)5-7(12)19-11;/h3-4,7H,2,5H2,1H3,(H,15,16);/q;+1/p-1/b4-3-;/t7-;/m0./s1. The topological polar surface area (TPSA) is 86.7 Å². The fourth-order valence-electron chi connectivity index (χ4n) is 1.63. The molecule has 102 valence electrons. The molecule has 0 saturated carbocycles. The van der Waals surface area contributed by atoms with Crippen molar-refractivity contribution in [1.29, 1.82) is 0 Å². The molecule has 2 aliphatic rings. The molecule has 9 heteroatoms. The number of esters is 1. The Hall–Kier alpha value is -0.410. The summed E-state index contributed by atoms with van der Waals surface area (Å²) in [5, 5.41) is 12.3. The first-order chi connectivity index (χ1) is 9.04. The van der Waals surface area contributed by atoms with Crippen LogP contribution in [0.1, 0.15) is 13.3 Å². The Balaban J connectivity index is 0.00000200. The number of carbonyl (C=O) groups is 3. The van der Waals surface area contributed by atoms with Crippen LogP contribution in [0, 0.1) is 0 Å². The molecule has 0 radical (unpaired) electrons. The summed E-state index contributed by atoms with van der Waals surface area (Å²) < 4.78 is 5.15. The number of β-lactam (4-membered cyclic amide) rings is 1. The molecule has 2 heterocycles. The fourth-order valence-corrected chi connectivity index (χ4v) is 4.05. The van der Waals surface area contributed by atoms with E-state index in [1.807, 2.05) is 0 Å². The summed E-state index contributed by atoms with van der Waals surface area (Å²) in [5.74, 6) is -2.09. The molecule has 0 N–H and O–H groups in total. The number of carboxylic acid groups (broad SMARTS) is 1. The third kappa shape index (κ3) is 3.62. The number of ether oxygens (including phenoxy) is 1. The van der Waals surface area contributed by atoms with Gasteiger partial charge in [-0.05, 0) is 12.3 Å². The Morgan fingerprint density at radius 1 is 1.60 bits per heavy atom. The third-order valence-corrected chi connectivity index (χ3v) is 4.76. The maximum absolute atomic E-state index is 11.3. The zero-order valence-corrected chi connectivity index (χ0v) is 14.6. The van der Waals surface area contributed by atoms with E-state index in [0.29, 0.717) is 10.7 Å². The van der Waals surface area contributed by atoms with Crippen LogP contribution in [0.5, 0.6) is 0 Å². The van der Waals surface area contributed by atoms with Crippen molar-refractivity contribution in [3.8, 4) is 0 Å². The first-order valence-corrected chi connectivity index (χ1v) is 7.24. The van der Waals surface area contributed by atoms with Gasteiger partial charge in [-0.3, -0.25) is 9.69 Å². The van der Waals surface area contributed by atoms with Crippen LogP contribution in [0.4, 0.5) is 0 Å². The van der Waals surface area contributed by atoms with E-state index >= 15 is 0 Å². The van der Waals surface area contributed by atoms with Crippen molar-refractivity contribution >= 4 is 41.4 Å². The Morgan fingerprint density at radius 3 is 2.85 bits per heavy atom. The molecule has 0 aromatic heterocycles. The van der Waals surface area contributed by atoms with Crippen molar-refractivity contribution in [1.82, 2.24) is 4.90 Å². The average molecular weight is 323 g/mol. The Kier molecular flexibility index (Phi) is 6.67. The second kappa shape index (κ2) is 7.56. The van der Waals surface area contributed by atoms with Crippen LogP contribution in [0.2, 0.25) is 0 Å². The van der Waals surface area contributed by atoms with E-state index in [1.54, 1.807) is 6.92 Å². The van der Waals surface area contributed by atoms with Gasteiger partial charge in [0.15, 0.2) is 0 Å². The molecule has 1 amide bonds. The van der Waals surface area contributed by atoms with Gasteiger partial charge in [-0.2, -0.15) is 0 Å². The molecule has 0 aromatic carbocycles. The Morgan fingerprint density at radius 2 is 2.30 bits per heavy atom. The van der Waals surface area contributed by atoms with Gasteiger partial charge in [0.05, 0.1) is 34.3 Å². The maximum Gasteiger partial charge on any atom is 1.00 e. The van der Waals surface area contributed by atoms with Crippen molar-refractivity contribution in [3.05, 3.63) is 21.4 Å². The van der Waals surface area contributed by atoms with Crippen LogP contribution < -0.4 is 34.7 Å². The van der Waals surface area contributed by atoms with Crippen LogP contribution in [-0.2, 0) is 19.1 Å². The monoisotopic (exact) mass is 323 g/mol. The number of carbonyl (C=O) groups excluding carboxylic acids is 3. The van der Waals surface area contributed by atoms with Crippen LogP contribution in [0.15, 0.2) is 21.4 Å². The second-order valence-corrected chi connectivity index (χ2v) is 6.00. The molecular formula is C11H10NNaO5S2. The summed E-state index contributed by atoms with van der Waals surface area (Å²) in [6.45, 7) is 1.97.